The van der Waals surface area contributed by atoms with Gasteiger partial charge in [0, 0.05) is 5.41 Å². The highest BCUT2D eigenvalue weighted by Gasteiger charge is 2.22. The summed E-state index contributed by atoms with van der Waals surface area (Å²) in [6.07, 6.45) is 3.94. The molecule has 1 aromatic carbocycles. The lowest BCUT2D eigenvalue weighted by molar-refractivity contribution is 0.277. The zero-order valence-electron chi connectivity index (χ0n) is 12.7. The first-order valence-corrected chi connectivity index (χ1v) is 7.19. The number of nitrogens with two attached hydrogens (primary N) is 1. The number of aryl methyl sites for hydroxylation is 1. The summed E-state index contributed by atoms with van der Waals surface area (Å²) in [4.78, 5) is 0. The number of rotatable bonds is 8. The van der Waals surface area contributed by atoms with Gasteiger partial charge in [-0.1, -0.05) is 44.5 Å². The van der Waals surface area contributed by atoms with E-state index in [1.54, 1.807) is 0 Å². The molecule has 0 fully saturated rings. The standard InChI is InChI=1S/C16H26N2O2/c1-4-6-13-7-9-14(10-8-13)20-12-5-11-16(2,3)15(17)18-19/h7-10,19H,4-6,11-12H2,1-3H3,(H2,17,18). The van der Waals surface area contributed by atoms with Gasteiger partial charge in [-0.3, -0.25) is 0 Å². The van der Waals surface area contributed by atoms with Crippen molar-refractivity contribution in [2.24, 2.45) is 16.3 Å². The highest BCUT2D eigenvalue weighted by atomic mass is 16.5. The van der Waals surface area contributed by atoms with Gasteiger partial charge in [-0.15, -0.1) is 0 Å². The summed E-state index contributed by atoms with van der Waals surface area (Å²) in [5.74, 6) is 1.16. The molecule has 112 valence electrons. The van der Waals surface area contributed by atoms with Crippen LogP contribution in [0.4, 0.5) is 0 Å². The van der Waals surface area contributed by atoms with Crippen LogP contribution < -0.4 is 10.5 Å². The third-order valence-electron chi connectivity index (χ3n) is 3.48. The predicted molar refractivity (Wildman–Crippen MR) is 82.4 cm³/mol. The molecule has 4 nitrogen and oxygen atoms in total. The highest BCUT2D eigenvalue weighted by Crippen LogP contribution is 2.22. The molecule has 1 aromatic rings. The Morgan fingerprint density at radius 2 is 1.95 bits per heavy atom. The van der Waals surface area contributed by atoms with Crippen LogP contribution in [0, 0.1) is 5.41 Å². The maximum absolute atomic E-state index is 8.71. The van der Waals surface area contributed by atoms with E-state index in [-0.39, 0.29) is 11.3 Å². The molecular weight excluding hydrogens is 252 g/mol. The summed E-state index contributed by atoms with van der Waals surface area (Å²) in [5.41, 5.74) is 6.69. The fourth-order valence-electron chi connectivity index (χ4n) is 2.01. The van der Waals surface area contributed by atoms with Gasteiger partial charge in [-0.25, -0.2) is 0 Å². The summed E-state index contributed by atoms with van der Waals surface area (Å²) in [5, 5.41) is 11.8. The monoisotopic (exact) mass is 278 g/mol. The molecule has 0 atom stereocenters. The van der Waals surface area contributed by atoms with Crippen molar-refractivity contribution in [3.63, 3.8) is 0 Å². The van der Waals surface area contributed by atoms with Crippen molar-refractivity contribution >= 4 is 5.84 Å². The molecule has 0 aliphatic heterocycles. The SMILES string of the molecule is CCCc1ccc(OCCCC(C)(C)C(N)=NO)cc1. The van der Waals surface area contributed by atoms with E-state index < -0.39 is 0 Å². The third kappa shape index (κ3) is 5.11. The number of nitrogens with zero attached hydrogens (tertiary/aromatic N) is 1. The van der Waals surface area contributed by atoms with Crippen LogP contribution in [-0.4, -0.2) is 17.6 Å². The summed E-state index contributed by atoms with van der Waals surface area (Å²) >= 11 is 0. The second-order valence-electron chi connectivity index (χ2n) is 5.72. The molecule has 20 heavy (non-hydrogen) atoms. The topological polar surface area (TPSA) is 67.8 Å². The lowest BCUT2D eigenvalue weighted by atomic mass is 9.87. The zero-order chi connectivity index (χ0) is 15.0. The van der Waals surface area contributed by atoms with E-state index in [1.807, 2.05) is 26.0 Å². The van der Waals surface area contributed by atoms with Crippen molar-refractivity contribution < 1.29 is 9.94 Å². The maximum atomic E-state index is 8.71. The Morgan fingerprint density at radius 1 is 1.30 bits per heavy atom. The van der Waals surface area contributed by atoms with E-state index in [2.05, 4.69) is 24.2 Å². The van der Waals surface area contributed by atoms with Crippen molar-refractivity contribution in [2.45, 2.75) is 46.5 Å². The minimum absolute atomic E-state index is 0.265. The third-order valence-corrected chi connectivity index (χ3v) is 3.48. The van der Waals surface area contributed by atoms with Crippen molar-refractivity contribution in [2.75, 3.05) is 6.61 Å². The average Bonchev–Trinajstić information content (AvgIpc) is 2.44. The Hall–Kier alpha value is -1.71. The van der Waals surface area contributed by atoms with Crippen LogP contribution in [0.15, 0.2) is 29.4 Å². The number of amidine groups is 1. The predicted octanol–water partition coefficient (Wildman–Crippen LogP) is 3.57. The quantitative estimate of drug-likeness (QED) is 0.251. The van der Waals surface area contributed by atoms with E-state index in [0.717, 1.165) is 31.4 Å². The molecule has 0 saturated heterocycles. The van der Waals surface area contributed by atoms with Crippen LogP contribution >= 0.6 is 0 Å². The van der Waals surface area contributed by atoms with Crippen LogP contribution in [-0.2, 0) is 6.42 Å². The molecule has 3 N–H and O–H groups in total. The molecule has 0 aliphatic rings. The lowest BCUT2D eigenvalue weighted by Gasteiger charge is -2.22. The van der Waals surface area contributed by atoms with Gasteiger partial charge in [0.25, 0.3) is 0 Å². The second kappa shape index (κ2) is 7.78. The van der Waals surface area contributed by atoms with E-state index in [0.29, 0.717) is 6.61 Å². The maximum Gasteiger partial charge on any atom is 0.144 e. The first-order chi connectivity index (χ1) is 9.49. The van der Waals surface area contributed by atoms with Crippen molar-refractivity contribution in [3.05, 3.63) is 29.8 Å². The van der Waals surface area contributed by atoms with Crippen molar-refractivity contribution in [3.8, 4) is 5.75 Å². The molecule has 0 aliphatic carbocycles. The molecule has 0 bridgehead atoms. The summed E-state index contributed by atoms with van der Waals surface area (Å²) in [6.45, 7) is 6.73. The molecule has 1 rings (SSSR count). The van der Waals surface area contributed by atoms with Crippen LogP contribution in [0.5, 0.6) is 5.75 Å². The molecule has 0 aromatic heterocycles. The van der Waals surface area contributed by atoms with Crippen LogP contribution in [0.2, 0.25) is 0 Å². The Labute approximate surface area is 121 Å². The smallest absolute Gasteiger partial charge is 0.144 e. The summed E-state index contributed by atoms with van der Waals surface area (Å²) < 4.78 is 5.70. The van der Waals surface area contributed by atoms with Gasteiger partial charge < -0.3 is 15.7 Å². The van der Waals surface area contributed by atoms with E-state index in [9.17, 15) is 0 Å². The summed E-state index contributed by atoms with van der Waals surface area (Å²) in [6, 6.07) is 8.25. The first-order valence-electron chi connectivity index (χ1n) is 7.19. The van der Waals surface area contributed by atoms with Gasteiger partial charge in [-0.05, 0) is 37.0 Å². The molecule has 0 radical (unpaired) electrons. The first kappa shape index (κ1) is 16.3. The van der Waals surface area contributed by atoms with Crippen LogP contribution in [0.25, 0.3) is 0 Å². The van der Waals surface area contributed by atoms with E-state index in [1.165, 1.54) is 5.56 Å². The number of benzene rings is 1. The second-order valence-corrected chi connectivity index (χ2v) is 5.72. The zero-order valence-corrected chi connectivity index (χ0v) is 12.7. The normalized spacial score (nSPS) is 12.4. The fraction of sp³-hybridized carbons (Fsp3) is 0.562. The Balaban J connectivity index is 2.34. The number of oxime groups is 1. The van der Waals surface area contributed by atoms with Crippen LogP contribution in [0.3, 0.4) is 0 Å². The van der Waals surface area contributed by atoms with Crippen molar-refractivity contribution in [1.82, 2.24) is 0 Å². The van der Waals surface area contributed by atoms with Gasteiger partial charge in [0.05, 0.1) is 6.61 Å². The highest BCUT2D eigenvalue weighted by molar-refractivity contribution is 5.85. The molecule has 0 unspecified atom stereocenters. The number of hydrogen-bond donors (Lipinski definition) is 2. The van der Waals surface area contributed by atoms with Gasteiger partial charge in [0.2, 0.25) is 0 Å². The molecule has 0 heterocycles. The van der Waals surface area contributed by atoms with Gasteiger partial charge in [-0.2, -0.15) is 0 Å². The van der Waals surface area contributed by atoms with E-state index in [4.69, 9.17) is 15.7 Å². The number of ether oxygens (including phenoxy) is 1. The Morgan fingerprint density at radius 3 is 2.50 bits per heavy atom. The molecule has 0 amide bonds. The molecule has 0 saturated carbocycles. The van der Waals surface area contributed by atoms with E-state index >= 15 is 0 Å². The van der Waals surface area contributed by atoms with Crippen molar-refractivity contribution in [1.29, 1.82) is 0 Å². The average molecular weight is 278 g/mol. The molecular formula is C16H26N2O2. The molecule has 0 spiro atoms. The van der Waals surface area contributed by atoms with Gasteiger partial charge >= 0.3 is 0 Å². The largest absolute Gasteiger partial charge is 0.494 e. The van der Waals surface area contributed by atoms with Crippen LogP contribution in [0.1, 0.15) is 45.6 Å². The molecule has 4 heteroatoms. The minimum atomic E-state index is -0.302. The summed E-state index contributed by atoms with van der Waals surface area (Å²) in [7, 11) is 0. The Kier molecular flexibility index (Phi) is 6.36. The minimum Gasteiger partial charge on any atom is -0.494 e. The Bertz CT molecular complexity index is 425. The van der Waals surface area contributed by atoms with Gasteiger partial charge in [0.15, 0.2) is 0 Å². The fourth-order valence-corrected chi connectivity index (χ4v) is 2.01. The van der Waals surface area contributed by atoms with Gasteiger partial charge in [0.1, 0.15) is 11.6 Å². The number of hydrogen-bond acceptors (Lipinski definition) is 3. The lowest BCUT2D eigenvalue weighted by Crippen LogP contribution is -2.32.